The molecular weight excluding hydrogens is 272 g/mol. The molecule has 2 aromatic rings. The van der Waals surface area contributed by atoms with Gasteiger partial charge in [0.25, 0.3) is 0 Å². The number of hydrogen-bond donors (Lipinski definition) is 0. The molecule has 0 unspecified atom stereocenters. The van der Waals surface area contributed by atoms with Gasteiger partial charge < -0.3 is 4.74 Å². The van der Waals surface area contributed by atoms with Gasteiger partial charge in [0.05, 0.1) is 0 Å². The van der Waals surface area contributed by atoms with Crippen LogP contribution in [-0.4, -0.2) is 5.97 Å². The van der Waals surface area contributed by atoms with Crippen molar-refractivity contribution in [1.29, 1.82) is 0 Å². The summed E-state index contributed by atoms with van der Waals surface area (Å²) in [5.41, 5.74) is 4.14. The molecule has 0 amide bonds. The van der Waals surface area contributed by atoms with E-state index in [9.17, 15) is 4.79 Å². The highest BCUT2D eigenvalue weighted by Crippen LogP contribution is 2.31. The van der Waals surface area contributed by atoms with E-state index < -0.39 is 0 Å². The molecule has 2 aromatic carbocycles. The van der Waals surface area contributed by atoms with Gasteiger partial charge in [-0.1, -0.05) is 68.4 Å². The van der Waals surface area contributed by atoms with Crippen molar-refractivity contribution >= 4 is 17.6 Å². The third kappa shape index (κ3) is 3.01. The topological polar surface area (TPSA) is 26.3 Å². The molecule has 3 rings (SSSR count). The van der Waals surface area contributed by atoms with Gasteiger partial charge >= 0.3 is 5.97 Å². The van der Waals surface area contributed by atoms with Crippen LogP contribution in [-0.2, 0) is 9.53 Å². The van der Waals surface area contributed by atoms with E-state index in [4.69, 9.17) is 4.74 Å². The van der Waals surface area contributed by atoms with Crippen molar-refractivity contribution in [3.63, 3.8) is 0 Å². The van der Waals surface area contributed by atoms with Gasteiger partial charge in [0.15, 0.2) is 0 Å². The van der Waals surface area contributed by atoms with Crippen molar-refractivity contribution in [3.8, 4) is 0 Å². The molecule has 1 aliphatic rings. The third-order valence-corrected chi connectivity index (χ3v) is 3.72. The Labute approximate surface area is 130 Å². The zero-order valence-corrected chi connectivity index (χ0v) is 12.7. The molecule has 0 aromatic heterocycles. The summed E-state index contributed by atoms with van der Waals surface area (Å²) < 4.78 is 5.34. The minimum absolute atomic E-state index is 0.316. The molecule has 22 heavy (non-hydrogen) atoms. The van der Waals surface area contributed by atoms with Crippen LogP contribution in [0.15, 0.2) is 66.4 Å². The standard InChI is InChI=1S/C20H18O2/c1-14(2)16-10-8-15(9-11-16)12-19-18(13-20(21)22-19)17-6-4-3-5-7-17/h3-14H,1-2H3. The number of benzene rings is 2. The molecule has 0 fully saturated rings. The summed E-state index contributed by atoms with van der Waals surface area (Å²) in [5.74, 6) is 0.795. The predicted octanol–water partition coefficient (Wildman–Crippen LogP) is 4.79. The van der Waals surface area contributed by atoms with Crippen LogP contribution in [0.5, 0.6) is 0 Å². The molecule has 0 spiro atoms. The second kappa shape index (κ2) is 6.02. The fourth-order valence-electron chi connectivity index (χ4n) is 2.46. The molecule has 0 N–H and O–H groups in total. The van der Waals surface area contributed by atoms with E-state index >= 15 is 0 Å². The monoisotopic (exact) mass is 290 g/mol. The minimum atomic E-state index is -0.316. The van der Waals surface area contributed by atoms with Crippen LogP contribution in [0.4, 0.5) is 0 Å². The fourth-order valence-corrected chi connectivity index (χ4v) is 2.46. The Morgan fingerprint density at radius 3 is 2.27 bits per heavy atom. The number of ether oxygens (including phenoxy) is 1. The molecule has 0 saturated carbocycles. The lowest BCUT2D eigenvalue weighted by Gasteiger charge is -2.07. The van der Waals surface area contributed by atoms with Crippen molar-refractivity contribution in [2.24, 2.45) is 0 Å². The van der Waals surface area contributed by atoms with E-state index in [1.165, 1.54) is 5.56 Å². The van der Waals surface area contributed by atoms with Crippen LogP contribution in [0.1, 0.15) is 36.5 Å². The Bertz CT molecular complexity index is 735. The van der Waals surface area contributed by atoms with Crippen LogP contribution in [0.2, 0.25) is 0 Å². The Balaban J connectivity index is 1.93. The lowest BCUT2D eigenvalue weighted by atomic mass is 10.00. The Morgan fingerprint density at radius 2 is 1.64 bits per heavy atom. The van der Waals surface area contributed by atoms with E-state index in [1.54, 1.807) is 6.08 Å². The predicted molar refractivity (Wildman–Crippen MR) is 89.0 cm³/mol. The summed E-state index contributed by atoms with van der Waals surface area (Å²) in [6.07, 6.45) is 3.46. The van der Waals surface area contributed by atoms with E-state index in [0.717, 1.165) is 16.7 Å². The molecule has 2 heteroatoms. The Morgan fingerprint density at radius 1 is 0.955 bits per heavy atom. The zero-order chi connectivity index (χ0) is 15.5. The largest absolute Gasteiger partial charge is 0.423 e. The van der Waals surface area contributed by atoms with Crippen molar-refractivity contribution < 1.29 is 9.53 Å². The molecule has 0 atom stereocenters. The summed E-state index contributed by atoms with van der Waals surface area (Å²) in [6, 6.07) is 18.1. The number of hydrogen-bond acceptors (Lipinski definition) is 2. The van der Waals surface area contributed by atoms with Crippen LogP contribution in [0, 0.1) is 0 Å². The highest BCUT2D eigenvalue weighted by molar-refractivity contribution is 6.03. The molecule has 1 heterocycles. The zero-order valence-electron chi connectivity index (χ0n) is 12.7. The Hall–Kier alpha value is -2.61. The SMILES string of the molecule is CC(C)c1ccc(C=C2OC(=O)C=C2c2ccccc2)cc1. The molecule has 0 radical (unpaired) electrons. The van der Waals surface area contributed by atoms with Gasteiger partial charge in [-0.15, -0.1) is 0 Å². The van der Waals surface area contributed by atoms with Gasteiger partial charge in [0, 0.05) is 11.6 Å². The maximum atomic E-state index is 11.6. The van der Waals surface area contributed by atoms with E-state index in [1.807, 2.05) is 36.4 Å². The van der Waals surface area contributed by atoms with E-state index in [0.29, 0.717) is 11.7 Å². The first kappa shape index (κ1) is 14.3. The summed E-state index contributed by atoms with van der Waals surface area (Å²) in [5, 5.41) is 0. The normalized spacial score (nSPS) is 16.0. The second-order valence-corrected chi connectivity index (χ2v) is 5.68. The lowest BCUT2D eigenvalue weighted by molar-refractivity contribution is -0.132. The van der Waals surface area contributed by atoms with Gasteiger partial charge in [0.2, 0.25) is 0 Å². The van der Waals surface area contributed by atoms with E-state index in [2.05, 4.69) is 38.1 Å². The molecule has 0 saturated heterocycles. The fraction of sp³-hybridized carbons (Fsp3) is 0.150. The lowest BCUT2D eigenvalue weighted by Crippen LogP contribution is -1.92. The van der Waals surface area contributed by atoms with Crippen molar-refractivity contribution in [2.45, 2.75) is 19.8 Å². The highest BCUT2D eigenvalue weighted by Gasteiger charge is 2.21. The first-order valence-electron chi connectivity index (χ1n) is 7.44. The molecular formula is C20H18O2. The van der Waals surface area contributed by atoms with Crippen LogP contribution < -0.4 is 0 Å². The maximum absolute atomic E-state index is 11.6. The van der Waals surface area contributed by atoms with Gasteiger partial charge in [-0.3, -0.25) is 0 Å². The van der Waals surface area contributed by atoms with E-state index in [-0.39, 0.29) is 5.97 Å². The quantitative estimate of drug-likeness (QED) is 0.760. The van der Waals surface area contributed by atoms with Crippen LogP contribution in [0.25, 0.3) is 11.6 Å². The summed E-state index contributed by atoms with van der Waals surface area (Å²) in [7, 11) is 0. The average molecular weight is 290 g/mol. The minimum Gasteiger partial charge on any atom is -0.423 e. The number of rotatable bonds is 3. The molecule has 0 bridgehead atoms. The van der Waals surface area contributed by atoms with Crippen LogP contribution in [0.3, 0.4) is 0 Å². The molecule has 2 nitrogen and oxygen atoms in total. The summed E-state index contributed by atoms with van der Waals surface area (Å²) in [4.78, 5) is 11.6. The number of allylic oxidation sites excluding steroid dienone is 1. The smallest absolute Gasteiger partial charge is 0.336 e. The molecule has 0 aliphatic carbocycles. The number of carbonyl (C=O) groups is 1. The Kier molecular flexibility index (Phi) is 3.92. The molecule has 110 valence electrons. The highest BCUT2D eigenvalue weighted by atomic mass is 16.5. The van der Waals surface area contributed by atoms with Gasteiger partial charge in [-0.25, -0.2) is 4.79 Å². The van der Waals surface area contributed by atoms with Gasteiger partial charge in [0.1, 0.15) is 5.76 Å². The number of esters is 1. The summed E-state index contributed by atoms with van der Waals surface area (Å²) in [6.45, 7) is 4.34. The second-order valence-electron chi connectivity index (χ2n) is 5.68. The first-order valence-corrected chi connectivity index (χ1v) is 7.44. The van der Waals surface area contributed by atoms with Gasteiger partial charge in [-0.2, -0.15) is 0 Å². The maximum Gasteiger partial charge on any atom is 0.336 e. The first-order chi connectivity index (χ1) is 10.6. The summed E-state index contributed by atoms with van der Waals surface area (Å²) >= 11 is 0. The number of carbonyl (C=O) groups excluding carboxylic acids is 1. The van der Waals surface area contributed by atoms with Crippen molar-refractivity contribution in [1.82, 2.24) is 0 Å². The molecule has 1 aliphatic heterocycles. The van der Waals surface area contributed by atoms with Crippen molar-refractivity contribution in [3.05, 3.63) is 83.1 Å². The third-order valence-electron chi connectivity index (χ3n) is 3.72. The number of cyclic esters (lactones) is 1. The van der Waals surface area contributed by atoms with Crippen molar-refractivity contribution in [2.75, 3.05) is 0 Å². The van der Waals surface area contributed by atoms with Gasteiger partial charge in [-0.05, 0) is 28.7 Å². The average Bonchev–Trinajstić information content (AvgIpc) is 2.89. The van der Waals surface area contributed by atoms with Crippen LogP contribution >= 0.6 is 0 Å².